The Kier molecular flexibility index (Phi) is 4.39. The van der Waals surface area contributed by atoms with Gasteiger partial charge in [-0.2, -0.15) is 0 Å². The Balaban J connectivity index is 1.94. The fraction of sp³-hybridized carbons (Fsp3) is 0.250. The summed E-state index contributed by atoms with van der Waals surface area (Å²) in [6.07, 6.45) is 0. The van der Waals surface area contributed by atoms with Crippen LogP contribution >= 0.6 is 23.1 Å². The monoisotopic (exact) mass is 294 g/mol. The highest BCUT2D eigenvalue weighted by atomic mass is 32.2. The number of rotatable bonds is 4. The van der Waals surface area contributed by atoms with Crippen molar-refractivity contribution < 1.29 is 4.79 Å². The van der Waals surface area contributed by atoms with Gasteiger partial charge in [0.25, 0.3) is 0 Å². The van der Waals surface area contributed by atoms with Crippen LogP contribution in [0.1, 0.15) is 12.5 Å². The highest BCUT2D eigenvalue weighted by molar-refractivity contribution is 8.02. The average Bonchev–Trinajstić information content (AvgIpc) is 2.77. The minimum Gasteiger partial charge on any atom is -0.374 e. The minimum atomic E-state index is -0.256. The quantitative estimate of drug-likeness (QED) is 0.847. The lowest BCUT2D eigenvalue weighted by atomic mass is 10.2. The molecule has 0 unspecified atom stereocenters. The standard InChI is InChI=1S/C12H14N4OS2/c1-7-3-5-9(6-4-7)14-10(17)8(2)18-12-16-15-11(13)19-12/h3-6,8H,1-2H3,(H2,13,15)(H,14,17)/t8-/m1/s1. The highest BCUT2D eigenvalue weighted by Gasteiger charge is 2.16. The van der Waals surface area contributed by atoms with Crippen LogP contribution in [0.3, 0.4) is 0 Å². The second-order valence-corrected chi connectivity index (χ2v) is 6.62. The van der Waals surface area contributed by atoms with Crippen LogP contribution in [0, 0.1) is 6.92 Å². The number of hydrogen-bond acceptors (Lipinski definition) is 6. The summed E-state index contributed by atoms with van der Waals surface area (Å²) in [6, 6.07) is 7.68. The molecule has 0 aliphatic heterocycles. The number of benzene rings is 1. The lowest BCUT2D eigenvalue weighted by Gasteiger charge is -2.10. The van der Waals surface area contributed by atoms with Crippen molar-refractivity contribution >= 4 is 39.8 Å². The zero-order valence-corrected chi connectivity index (χ0v) is 12.2. The Morgan fingerprint density at radius 1 is 1.37 bits per heavy atom. The zero-order valence-electron chi connectivity index (χ0n) is 10.6. The molecule has 19 heavy (non-hydrogen) atoms. The molecule has 5 nitrogen and oxygen atoms in total. The Hall–Kier alpha value is -1.60. The van der Waals surface area contributed by atoms with E-state index >= 15 is 0 Å². The van der Waals surface area contributed by atoms with Crippen LogP contribution in [0.5, 0.6) is 0 Å². The molecule has 0 aliphatic carbocycles. The Morgan fingerprint density at radius 2 is 2.05 bits per heavy atom. The lowest BCUT2D eigenvalue weighted by molar-refractivity contribution is -0.115. The van der Waals surface area contributed by atoms with Gasteiger partial charge in [-0.15, -0.1) is 10.2 Å². The largest absolute Gasteiger partial charge is 0.374 e. The number of nitrogens with zero attached hydrogens (tertiary/aromatic N) is 2. The molecule has 1 heterocycles. The first-order valence-electron chi connectivity index (χ1n) is 5.68. The molecule has 0 aliphatic rings. The molecule has 3 N–H and O–H groups in total. The molecular formula is C12H14N4OS2. The third kappa shape index (κ3) is 3.93. The molecule has 7 heteroatoms. The van der Waals surface area contributed by atoms with Crippen molar-refractivity contribution in [3.8, 4) is 0 Å². The molecular weight excluding hydrogens is 280 g/mol. The summed E-state index contributed by atoms with van der Waals surface area (Å²) in [5.41, 5.74) is 7.45. The van der Waals surface area contributed by atoms with Gasteiger partial charge in [0.2, 0.25) is 11.0 Å². The third-order valence-electron chi connectivity index (χ3n) is 2.39. The van der Waals surface area contributed by atoms with Crippen LogP contribution in [-0.2, 0) is 4.79 Å². The number of nitrogen functional groups attached to an aromatic ring is 1. The summed E-state index contributed by atoms with van der Waals surface area (Å²) in [7, 11) is 0. The van der Waals surface area contributed by atoms with E-state index in [1.54, 1.807) is 0 Å². The summed E-state index contributed by atoms with van der Waals surface area (Å²) in [5, 5.41) is 10.6. The van der Waals surface area contributed by atoms with Crippen LogP contribution in [0.25, 0.3) is 0 Å². The van der Waals surface area contributed by atoms with Gasteiger partial charge in [0.05, 0.1) is 5.25 Å². The molecule has 0 saturated carbocycles. The first-order valence-corrected chi connectivity index (χ1v) is 7.37. The molecule has 0 radical (unpaired) electrons. The van der Waals surface area contributed by atoms with Crippen LogP contribution in [-0.4, -0.2) is 21.4 Å². The summed E-state index contributed by atoms with van der Waals surface area (Å²) < 4.78 is 0.698. The van der Waals surface area contributed by atoms with E-state index in [1.165, 1.54) is 23.1 Å². The number of carbonyl (C=O) groups is 1. The summed E-state index contributed by atoms with van der Waals surface area (Å²) in [4.78, 5) is 12.0. The maximum atomic E-state index is 12.0. The number of carbonyl (C=O) groups excluding carboxylic acids is 1. The molecule has 1 aromatic heterocycles. The van der Waals surface area contributed by atoms with Gasteiger partial charge in [0.1, 0.15) is 0 Å². The van der Waals surface area contributed by atoms with Crippen LogP contribution < -0.4 is 11.1 Å². The van der Waals surface area contributed by atoms with E-state index in [-0.39, 0.29) is 11.2 Å². The van der Waals surface area contributed by atoms with Gasteiger partial charge in [-0.1, -0.05) is 40.8 Å². The molecule has 0 spiro atoms. The Bertz CT molecular complexity index is 567. The highest BCUT2D eigenvalue weighted by Crippen LogP contribution is 2.28. The number of aromatic nitrogens is 2. The SMILES string of the molecule is Cc1ccc(NC(=O)[C@@H](C)Sc2nnc(N)s2)cc1. The molecule has 100 valence electrons. The molecule has 0 fully saturated rings. The first-order chi connectivity index (χ1) is 9.04. The minimum absolute atomic E-state index is 0.0670. The van der Waals surface area contributed by atoms with Crippen molar-refractivity contribution in [3.63, 3.8) is 0 Å². The van der Waals surface area contributed by atoms with Crippen molar-refractivity contribution in [1.82, 2.24) is 10.2 Å². The second kappa shape index (κ2) is 6.03. The van der Waals surface area contributed by atoms with Crippen molar-refractivity contribution in [1.29, 1.82) is 0 Å². The van der Waals surface area contributed by atoms with Crippen molar-refractivity contribution in [3.05, 3.63) is 29.8 Å². The van der Waals surface area contributed by atoms with E-state index in [0.29, 0.717) is 9.47 Å². The van der Waals surface area contributed by atoms with Crippen molar-refractivity contribution in [2.45, 2.75) is 23.4 Å². The maximum absolute atomic E-state index is 12.0. The van der Waals surface area contributed by atoms with Crippen LogP contribution in [0.15, 0.2) is 28.6 Å². The molecule has 1 aromatic carbocycles. The average molecular weight is 294 g/mol. The van der Waals surface area contributed by atoms with Gasteiger partial charge in [0, 0.05) is 5.69 Å². The molecule has 2 aromatic rings. The van der Waals surface area contributed by atoms with E-state index < -0.39 is 0 Å². The number of nitrogens with one attached hydrogen (secondary N) is 1. The van der Waals surface area contributed by atoms with Crippen LogP contribution in [0.2, 0.25) is 0 Å². The van der Waals surface area contributed by atoms with Crippen molar-refractivity contribution in [2.75, 3.05) is 11.1 Å². The van der Waals surface area contributed by atoms with E-state index in [2.05, 4.69) is 15.5 Å². The second-order valence-electron chi connectivity index (χ2n) is 4.02. The predicted octanol–water partition coefficient (Wildman–Crippen LogP) is 2.55. The van der Waals surface area contributed by atoms with Crippen molar-refractivity contribution in [2.24, 2.45) is 0 Å². The smallest absolute Gasteiger partial charge is 0.237 e. The van der Waals surface area contributed by atoms with Gasteiger partial charge in [-0.05, 0) is 26.0 Å². The van der Waals surface area contributed by atoms with E-state index in [1.807, 2.05) is 38.1 Å². The lowest BCUT2D eigenvalue weighted by Crippen LogP contribution is -2.22. The summed E-state index contributed by atoms with van der Waals surface area (Å²) in [6.45, 7) is 3.83. The number of nitrogens with two attached hydrogens (primary N) is 1. The molecule has 0 saturated heterocycles. The molecule has 1 atom stereocenters. The van der Waals surface area contributed by atoms with E-state index in [0.717, 1.165) is 11.3 Å². The fourth-order valence-electron chi connectivity index (χ4n) is 1.35. The number of anilines is 2. The molecule has 0 bridgehead atoms. The van der Waals surface area contributed by atoms with E-state index in [4.69, 9.17) is 5.73 Å². The first kappa shape index (κ1) is 13.8. The Morgan fingerprint density at radius 3 is 2.63 bits per heavy atom. The molecule has 1 amide bonds. The maximum Gasteiger partial charge on any atom is 0.237 e. The van der Waals surface area contributed by atoms with E-state index in [9.17, 15) is 4.79 Å². The van der Waals surface area contributed by atoms with Gasteiger partial charge in [-0.25, -0.2) is 0 Å². The Labute approximate surface area is 119 Å². The number of thioether (sulfide) groups is 1. The summed E-state index contributed by atoms with van der Waals surface area (Å²) >= 11 is 2.63. The number of aryl methyl sites for hydroxylation is 1. The van der Waals surface area contributed by atoms with Gasteiger partial charge < -0.3 is 11.1 Å². The van der Waals surface area contributed by atoms with Gasteiger partial charge >= 0.3 is 0 Å². The van der Waals surface area contributed by atoms with Gasteiger partial charge in [0.15, 0.2) is 4.34 Å². The van der Waals surface area contributed by atoms with Crippen LogP contribution in [0.4, 0.5) is 10.8 Å². The normalized spacial score (nSPS) is 12.1. The fourth-order valence-corrected chi connectivity index (χ4v) is 3.13. The number of amides is 1. The third-order valence-corrected chi connectivity index (χ3v) is 4.32. The zero-order chi connectivity index (χ0) is 13.8. The van der Waals surface area contributed by atoms with Gasteiger partial charge in [-0.3, -0.25) is 4.79 Å². The summed E-state index contributed by atoms with van der Waals surface area (Å²) in [5.74, 6) is -0.0670. The predicted molar refractivity (Wildman–Crippen MR) is 79.4 cm³/mol. The number of hydrogen-bond donors (Lipinski definition) is 2. The molecule has 2 rings (SSSR count). The topological polar surface area (TPSA) is 80.9 Å².